The average molecular weight is 297 g/mol. The number of primary amides is 1. The molecule has 2 rings (SSSR count). The maximum atomic E-state index is 11.2. The van der Waals surface area contributed by atoms with Crippen LogP contribution in [0.2, 0.25) is 10.2 Å². The summed E-state index contributed by atoms with van der Waals surface area (Å²) in [7, 11) is 0. The molecule has 1 amide bonds. The van der Waals surface area contributed by atoms with Crippen LogP contribution in [0.5, 0.6) is 5.75 Å². The Kier molecular flexibility index (Phi) is 4.24. The van der Waals surface area contributed by atoms with Crippen LogP contribution in [0.15, 0.2) is 36.4 Å². The molecule has 19 heavy (non-hydrogen) atoms. The van der Waals surface area contributed by atoms with E-state index in [-0.39, 0.29) is 6.61 Å². The summed E-state index contributed by atoms with van der Waals surface area (Å²) >= 11 is 11.8. The second kappa shape index (κ2) is 5.91. The zero-order valence-electron chi connectivity index (χ0n) is 9.77. The first-order valence-corrected chi connectivity index (χ1v) is 6.16. The summed E-state index contributed by atoms with van der Waals surface area (Å²) in [5, 5.41) is 0.771. The largest absolute Gasteiger partial charge is 0.486 e. The lowest BCUT2D eigenvalue weighted by molar-refractivity contribution is 0.0996. The number of para-hydroxylation sites is 1. The van der Waals surface area contributed by atoms with E-state index in [2.05, 4.69) is 4.98 Å². The molecular formula is C13H10Cl2N2O2. The third-order valence-corrected chi connectivity index (χ3v) is 2.96. The number of aromatic nitrogens is 1. The van der Waals surface area contributed by atoms with Crippen molar-refractivity contribution < 1.29 is 9.53 Å². The van der Waals surface area contributed by atoms with Crippen molar-refractivity contribution in [2.75, 3.05) is 0 Å². The van der Waals surface area contributed by atoms with E-state index in [0.29, 0.717) is 27.2 Å². The number of hydrogen-bond acceptors (Lipinski definition) is 3. The van der Waals surface area contributed by atoms with Crippen molar-refractivity contribution >= 4 is 29.1 Å². The molecule has 0 unspecified atom stereocenters. The Labute approximate surface area is 120 Å². The predicted molar refractivity (Wildman–Crippen MR) is 73.5 cm³/mol. The lowest BCUT2D eigenvalue weighted by atomic mass is 10.2. The van der Waals surface area contributed by atoms with E-state index in [4.69, 9.17) is 33.7 Å². The van der Waals surface area contributed by atoms with E-state index in [0.717, 1.165) is 0 Å². The normalized spacial score (nSPS) is 10.2. The van der Waals surface area contributed by atoms with Crippen LogP contribution in [-0.2, 0) is 6.61 Å². The van der Waals surface area contributed by atoms with Crippen molar-refractivity contribution in [2.45, 2.75) is 6.61 Å². The highest BCUT2D eigenvalue weighted by molar-refractivity contribution is 6.32. The second-order valence-corrected chi connectivity index (χ2v) is 4.51. The summed E-state index contributed by atoms with van der Waals surface area (Å²) in [4.78, 5) is 15.3. The van der Waals surface area contributed by atoms with Crippen molar-refractivity contribution in [2.24, 2.45) is 5.73 Å². The number of rotatable bonds is 4. The van der Waals surface area contributed by atoms with Gasteiger partial charge in [0, 0.05) is 0 Å². The quantitative estimate of drug-likeness (QED) is 0.882. The molecule has 0 radical (unpaired) electrons. The van der Waals surface area contributed by atoms with Crippen LogP contribution in [0, 0.1) is 0 Å². The molecule has 4 nitrogen and oxygen atoms in total. The van der Waals surface area contributed by atoms with E-state index >= 15 is 0 Å². The Morgan fingerprint density at radius 3 is 2.68 bits per heavy atom. The van der Waals surface area contributed by atoms with Gasteiger partial charge in [-0.3, -0.25) is 4.79 Å². The zero-order chi connectivity index (χ0) is 13.8. The van der Waals surface area contributed by atoms with Gasteiger partial charge in [-0.15, -0.1) is 0 Å². The molecule has 0 fully saturated rings. The minimum atomic E-state index is -0.555. The molecule has 2 N–H and O–H groups in total. The highest BCUT2D eigenvalue weighted by Crippen LogP contribution is 2.21. The van der Waals surface area contributed by atoms with Crippen LogP contribution in [0.1, 0.15) is 16.1 Å². The number of carbonyl (C=O) groups is 1. The van der Waals surface area contributed by atoms with Gasteiger partial charge in [0.25, 0.3) is 5.91 Å². The molecule has 0 bridgehead atoms. The van der Waals surface area contributed by atoms with E-state index in [9.17, 15) is 4.79 Å². The Hall–Kier alpha value is -1.78. The van der Waals surface area contributed by atoms with Gasteiger partial charge in [0.2, 0.25) is 0 Å². The first-order chi connectivity index (χ1) is 9.08. The third kappa shape index (κ3) is 3.36. The Balaban J connectivity index is 2.19. The fourth-order valence-corrected chi connectivity index (χ4v) is 1.83. The van der Waals surface area contributed by atoms with Gasteiger partial charge in [-0.05, 0) is 24.3 Å². The highest BCUT2D eigenvalue weighted by Gasteiger charge is 2.10. The number of nitrogens with zero attached hydrogens (tertiary/aromatic N) is 1. The topological polar surface area (TPSA) is 65.2 Å². The van der Waals surface area contributed by atoms with Gasteiger partial charge in [-0.25, -0.2) is 4.98 Å². The lowest BCUT2D eigenvalue weighted by Gasteiger charge is -2.10. The van der Waals surface area contributed by atoms with E-state index < -0.39 is 5.91 Å². The van der Waals surface area contributed by atoms with Crippen molar-refractivity contribution in [3.05, 3.63) is 57.8 Å². The third-order valence-electron chi connectivity index (χ3n) is 2.40. The minimum absolute atomic E-state index is 0.101. The van der Waals surface area contributed by atoms with Crippen molar-refractivity contribution in [1.82, 2.24) is 4.98 Å². The maximum absolute atomic E-state index is 11.2. The molecule has 1 aromatic carbocycles. The Morgan fingerprint density at radius 1 is 1.21 bits per heavy atom. The number of hydrogen-bond donors (Lipinski definition) is 1. The van der Waals surface area contributed by atoms with Crippen LogP contribution < -0.4 is 10.5 Å². The van der Waals surface area contributed by atoms with Crippen LogP contribution in [-0.4, -0.2) is 10.9 Å². The number of halogens is 2. The van der Waals surface area contributed by atoms with E-state index in [1.165, 1.54) is 0 Å². The van der Waals surface area contributed by atoms with Crippen LogP contribution in [0.4, 0.5) is 0 Å². The number of amides is 1. The summed E-state index contributed by atoms with van der Waals surface area (Å²) in [6, 6.07) is 9.91. The molecule has 0 atom stereocenters. The Bertz CT molecular complexity index is 617. The molecule has 0 aliphatic heterocycles. The Morgan fingerprint density at radius 2 is 1.95 bits per heavy atom. The first kappa shape index (κ1) is 13.6. The zero-order valence-corrected chi connectivity index (χ0v) is 11.3. The van der Waals surface area contributed by atoms with Crippen LogP contribution >= 0.6 is 23.2 Å². The van der Waals surface area contributed by atoms with Gasteiger partial charge in [-0.2, -0.15) is 0 Å². The van der Waals surface area contributed by atoms with Crippen LogP contribution in [0.3, 0.4) is 0 Å². The van der Waals surface area contributed by atoms with E-state index in [1.54, 1.807) is 36.4 Å². The fraction of sp³-hybridized carbons (Fsp3) is 0.0769. The summed E-state index contributed by atoms with van der Waals surface area (Å²) < 4.78 is 5.51. The van der Waals surface area contributed by atoms with Crippen molar-refractivity contribution in [3.8, 4) is 5.75 Å². The van der Waals surface area contributed by atoms with Gasteiger partial charge in [0.1, 0.15) is 17.5 Å². The highest BCUT2D eigenvalue weighted by atomic mass is 35.5. The first-order valence-electron chi connectivity index (χ1n) is 5.40. The molecule has 0 saturated heterocycles. The fourth-order valence-electron chi connectivity index (χ4n) is 1.50. The molecule has 6 heteroatoms. The molecule has 0 spiro atoms. The standard InChI is InChI=1S/C13H10Cl2N2O2/c14-9-5-6-12(15)17-10(9)7-19-11-4-2-1-3-8(11)13(16)18/h1-6H,7H2,(H2,16,18). The molecule has 98 valence electrons. The smallest absolute Gasteiger partial charge is 0.252 e. The summed E-state index contributed by atoms with van der Waals surface area (Å²) in [5.74, 6) is -0.173. The van der Waals surface area contributed by atoms with Gasteiger partial charge < -0.3 is 10.5 Å². The number of pyridine rings is 1. The van der Waals surface area contributed by atoms with Gasteiger partial charge in [0.05, 0.1) is 16.3 Å². The molecule has 1 aromatic heterocycles. The summed E-state index contributed by atoms with van der Waals surface area (Å²) in [6.07, 6.45) is 0. The molecule has 0 aliphatic rings. The summed E-state index contributed by atoms with van der Waals surface area (Å²) in [5.41, 5.74) is 6.06. The molecule has 2 aromatic rings. The number of nitrogens with two attached hydrogens (primary N) is 1. The van der Waals surface area contributed by atoms with Crippen molar-refractivity contribution in [3.63, 3.8) is 0 Å². The molecule has 0 saturated carbocycles. The predicted octanol–water partition coefficient (Wildman–Crippen LogP) is 3.07. The van der Waals surface area contributed by atoms with Gasteiger partial charge in [0.15, 0.2) is 0 Å². The molecular weight excluding hydrogens is 287 g/mol. The SMILES string of the molecule is NC(=O)c1ccccc1OCc1nc(Cl)ccc1Cl. The van der Waals surface area contributed by atoms with Gasteiger partial charge in [-0.1, -0.05) is 35.3 Å². The maximum Gasteiger partial charge on any atom is 0.252 e. The molecule has 0 aliphatic carbocycles. The average Bonchev–Trinajstić information content (AvgIpc) is 2.40. The monoisotopic (exact) mass is 296 g/mol. The molecule has 1 heterocycles. The second-order valence-electron chi connectivity index (χ2n) is 3.71. The number of carbonyl (C=O) groups excluding carboxylic acids is 1. The van der Waals surface area contributed by atoms with Gasteiger partial charge >= 0.3 is 0 Å². The number of ether oxygens (including phenoxy) is 1. The minimum Gasteiger partial charge on any atom is -0.486 e. The number of benzene rings is 1. The lowest BCUT2D eigenvalue weighted by Crippen LogP contribution is -2.13. The summed E-state index contributed by atoms with van der Waals surface area (Å²) in [6.45, 7) is 0.101. The van der Waals surface area contributed by atoms with Crippen LogP contribution in [0.25, 0.3) is 0 Å². The van der Waals surface area contributed by atoms with Crippen molar-refractivity contribution in [1.29, 1.82) is 0 Å². The van der Waals surface area contributed by atoms with E-state index in [1.807, 2.05) is 0 Å².